The predicted octanol–water partition coefficient (Wildman–Crippen LogP) is 7.12. The third-order valence-corrected chi connectivity index (χ3v) is 6.34. The first kappa shape index (κ1) is 22.0. The Balaban J connectivity index is 2.79. The predicted molar refractivity (Wildman–Crippen MR) is 120 cm³/mol. The molecular formula is C23H29BrO2S. The van der Waals surface area contributed by atoms with Crippen molar-refractivity contribution in [2.45, 2.75) is 64.5 Å². The molecule has 0 heterocycles. The average Bonchev–Trinajstić information content (AvgIpc) is 2.51. The average molecular weight is 449 g/mol. The molecule has 1 N–H and O–H groups in total. The number of hydrogen-bond donors (Lipinski definition) is 1. The maximum absolute atomic E-state index is 12.0. The number of carbonyl (C=O) groups excluding carboxylic acids is 1. The minimum Gasteiger partial charge on any atom is -0.507 e. The molecule has 0 aliphatic rings. The van der Waals surface area contributed by atoms with Gasteiger partial charge in [-0.15, -0.1) is 0 Å². The Morgan fingerprint density at radius 2 is 1.48 bits per heavy atom. The van der Waals surface area contributed by atoms with E-state index in [0.29, 0.717) is 5.75 Å². The zero-order valence-corrected chi connectivity index (χ0v) is 19.6. The number of phenolic OH excluding ortho intramolecular Hbond substituents is 1. The van der Waals surface area contributed by atoms with E-state index in [0.717, 1.165) is 26.7 Å². The van der Waals surface area contributed by atoms with E-state index in [-0.39, 0.29) is 21.2 Å². The standard InChI is InChI=1S/C23H29BrO2S/c1-14(25)27-21(16-10-8-9-11-19(16)24)15-12-17(22(2,3)4)20(26)18(13-15)23(5,6)7/h8-13,21,26H,1-7H3. The van der Waals surface area contributed by atoms with Crippen LogP contribution in [0.15, 0.2) is 40.9 Å². The number of aromatic hydroxyl groups is 1. The summed E-state index contributed by atoms with van der Waals surface area (Å²) in [7, 11) is 0. The molecule has 4 heteroatoms. The van der Waals surface area contributed by atoms with Crippen molar-refractivity contribution in [3.63, 3.8) is 0 Å². The van der Waals surface area contributed by atoms with Crippen LogP contribution < -0.4 is 0 Å². The first-order chi connectivity index (χ1) is 12.3. The van der Waals surface area contributed by atoms with Crippen LogP contribution in [-0.2, 0) is 15.6 Å². The minimum atomic E-state index is -0.209. The molecule has 0 aliphatic heterocycles. The second kappa shape index (κ2) is 8.00. The lowest BCUT2D eigenvalue weighted by atomic mass is 9.78. The second-order valence-electron chi connectivity index (χ2n) is 8.98. The van der Waals surface area contributed by atoms with Crippen molar-refractivity contribution in [1.82, 2.24) is 0 Å². The molecule has 0 aliphatic carbocycles. The molecule has 146 valence electrons. The number of thioether (sulfide) groups is 1. The zero-order chi connectivity index (χ0) is 20.6. The number of hydrogen-bond acceptors (Lipinski definition) is 3. The fraction of sp³-hybridized carbons (Fsp3) is 0.435. The van der Waals surface area contributed by atoms with Gasteiger partial charge in [-0.3, -0.25) is 4.79 Å². The molecule has 0 fully saturated rings. The molecule has 0 bridgehead atoms. The summed E-state index contributed by atoms with van der Waals surface area (Å²) in [4.78, 5) is 12.0. The Morgan fingerprint density at radius 1 is 1.00 bits per heavy atom. The molecule has 0 saturated heterocycles. The van der Waals surface area contributed by atoms with Gasteiger partial charge in [0.25, 0.3) is 0 Å². The number of phenols is 1. The molecule has 1 unspecified atom stereocenters. The summed E-state index contributed by atoms with van der Waals surface area (Å²) in [5.41, 5.74) is 3.49. The quantitative estimate of drug-likeness (QED) is 0.542. The molecule has 0 radical (unpaired) electrons. The van der Waals surface area contributed by atoms with Crippen LogP contribution in [0.25, 0.3) is 0 Å². The summed E-state index contributed by atoms with van der Waals surface area (Å²) in [6.07, 6.45) is 0. The maximum Gasteiger partial charge on any atom is 0.186 e. The third-order valence-electron chi connectivity index (χ3n) is 4.52. The van der Waals surface area contributed by atoms with Gasteiger partial charge in [-0.05, 0) is 39.2 Å². The molecule has 2 nitrogen and oxygen atoms in total. The summed E-state index contributed by atoms with van der Waals surface area (Å²) < 4.78 is 0.978. The zero-order valence-electron chi connectivity index (χ0n) is 17.2. The van der Waals surface area contributed by atoms with Gasteiger partial charge in [-0.1, -0.05) is 99.6 Å². The topological polar surface area (TPSA) is 37.3 Å². The van der Waals surface area contributed by atoms with Gasteiger partial charge in [0.15, 0.2) is 5.12 Å². The minimum absolute atomic E-state index is 0.0680. The lowest BCUT2D eigenvalue weighted by Crippen LogP contribution is -2.18. The van der Waals surface area contributed by atoms with E-state index in [1.54, 1.807) is 6.92 Å². The fourth-order valence-corrected chi connectivity index (χ4v) is 4.72. The smallest absolute Gasteiger partial charge is 0.186 e. The van der Waals surface area contributed by atoms with Gasteiger partial charge in [0.05, 0.1) is 5.25 Å². The van der Waals surface area contributed by atoms with Gasteiger partial charge in [-0.2, -0.15) is 0 Å². The van der Waals surface area contributed by atoms with E-state index in [4.69, 9.17) is 0 Å². The van der Waals surface area contributed by atoms with Gasteiger partial charge in [0, 0.05) is 11.4 Å². The maximum atomic E-state index is 12.0. The Hall–Kier alpha value is -1.26. The highest BCUT2D eigenvalue weighted by Crippen LogP contribution is 2.46. The van der Waals surface area contributed by atoms with E-state index in [1.807, 2.05) is 24.3 Å². The summed E-state index contributed by atoms with van der Waals surface area (Å²) in [6.45, 7) is 14.2. The molecule has 2 aromatic carbocycles. The van der Waals surface area contributed by atoms with Crippen molar-refractivity contribution in [3.05, 3.63) is 63.1 Å². The van der Waals surface area contributed by atoms with Gasteiger partial charge in [0.1, 0.15) is 5.75 Å². The summed E-state index contributed by atoms with van der Waals surface area (Å²) in [5.74, 6) is 0.359. The first-order valence-corrected chi connectivity index (χ1v) is 10.8. The Kier molecular flexibility index (Phi) is 6.53. The highest BCUT2D eigenvalue weighted by molar-refractivity contribution is 9.10. The summed E-state index contributed by atoms with van der Waals surface area (Å²) >= 11 is 4.95. The van der Waals surface area contributed by atoms with Crippen LogP contribution >= 0.6 is 27.7 Å². The number of carbonyl (C=O) groups is 1. The Labute approximate surface area is 175 Å². The molecule has 27 heavy (non-hydrogen) atoms. The van der Waals surface area contributed by atoms with Gasteiger partial charge in [-0.25, -0.2) is 0 Å². The van der Waals surface area contributed by atoms with Crippen LogP contribution in [0.5, 0.6) is 5.75 Å². The van der Waals surface area contributed by atoms with Crippen molar-refractivity contribution in [3.8, 4) is 5.75 Å². The van der Waals surface area contributed by atoms with E-state index in [1.165, 1.54) is 11.8 Å². The van der Waals surface area contributed by atoms with Crippen LogP contribution in [0, 0.1) is 0 Å². The van der Waals surface area contributed by atoms with Crippen LogP contribution in [0.2, 0.25) is 0 Å². The normalized spacial score (nSPS) is 13.5. The molecule has 0 amide bonds. The summed E-state index contributed by atoms with van der Waals surface area (Å²) in [6, 6.07) is 12.1. The number of halogens is 1. The van der Waals surface area contributed by atoms with Crippen LogP contribution in [0.3, 0.4) is 0 Å². The monoisotopic (exact) mass is 448 g/mol. The largest absolute Gasteiger partial charge is 0.507 e. The number of benzene rings is 2. The molecule has 0 aromatic heterocycles. The third kappa shape index (κ3) is 5.17. The van der Waals surface area contributed by atoms with Gasteiger partial charge < -0.3 is 5.11 Å². The summed E-state index contributed by atoms with van der Waals surface area (Å²) in [5, 5.41) is 10.9. The molecule has 2 aromatic rings. The van der Waals surface area contributed by atoms with Gasteiger partial charge >= 0.3 is 0 Å². The lowest BCUT2D eigenvalue weighted by Gasteiger charge is -2.30. The molecule has 1 atom stereocenters. The van der Waals surface area contributed by atoms with Crippen LogP contribution in [0.1, 0.15) is 76.0 Å². The first-order valence-electron chi connectivity index (χ1n) is 9.12. The lowest BCUT2D eigenvalue weighted by molar-refractivity contribution is -0.109. The highest BCUT2D eigenvalue weighted by Gasteiger charge is 2.29. The fourth-order valence-electron chi connectivity index (χ4n) is 3.12. The molecule has 2 rings (SSSR count). The van der Waals surface area contributed by atoms with E-state index in [9.17, 15) is 9.90 Å². The van der Waals surface area contributed by atoms with Crippen molar-refractivity contribution >= 4 is 32.8 Å². The molecular weight excluding hydrogens is 420 g/mol. The van der Waals surface area contributed by atoms with E-state index in [2.05, 4.69) is 69.6 Å². The van der Waals surface area contributed by atoms with Crippen LogP contribution in [0.4, 0.5) is 0 Å². The van der Waals surface area contributed by atoms with Crippen molar-refractivity contribution < 1.29 is 9.90 Å². The Bertz CT molecular complexity index is 809. The van der Waals surface area contributed by atoms with Crippen molar-refractivity contribution in [2.24, 2.45) is 0 Å². The van der Waals surface area contributed by atoms with Crippen molar-refractivity contribution in [2.75, 3.05) is 0 Å². The SMILES string of the molecule is CC(=O)SC(c1cc(C(C)(C)C)c(O)c(C(C)(C)C)c1)c1ccccc1Br. The molecule has 0 saturated carbocycles. The number of rotatable bonds is 3. The van der Waals surface area contributed by atoms with Crippen LogP contribution in [-0.4, -0.2) is 10.2 Å². The van der Waals surface area contributed by atoms with E-state index < -0.39 is 0 Å². The molecule has 0 spiro atoms. The van der Waals surface area contributed by atoms with E-state index >= 15 is 0 Å². The Morgan fingerprint density at radius 3 is 1.89 bits per heavy atom. The highest BCUT2D eigenvalue weighted by atomic mass is 79.9. The van der Waals surface area contributed by atoms with Crippen molar-refractivity contribution in [1.29, 1.82) is 0 Å². The second-order valence-corrected chi connectivity index (χ2v) is 11.1. The van der Waals surface area contributed by atoms with Gasteiger partial charge in [0.2, 0.25) is 0 Å².